The maximum absolute atomic E-state index is 11.9. The normalized spacial score (nSPS) is 12.6. The highest BCUT2D eigenvalue weighted by atomic mass is 16.6. The van der Waals surface area contributed by atoms with Crippen molar-refractivity contribution >= 4 is 17.7 Å². The van der Waals surface area contributed by atoms with E-state index in [0.717, 1.165) is 38.5 Å². The predicted octanol–water partition coefficient (Wildman–Crippen LogP) is 9.07. The van der Waals surface area contributed by atoms with Crippen LogP contribution in [0, 0.1) is 0 Å². The van der Waals surface area contributed by atoms with Crippen molar-refractivity contribution in [3.63, 3.8) is 0 Å². The first-order chi connectivity index (χ1) is 20.5. The van der Waals surface area contributed by atoms with E-state index in [1.165, 1.54) is 70.3 Å². The molecular formula is C36H60O6. The molecule has 0 amide bonds. The van der Waals surface area contributed by atoms with Crippen LogP contribution in [-0.4, -0.2) is 42.1 Å². The van der Waals surface area contributed by atoms with Crippen molar-refractivity contribution in [2.24, 2.45) is 0 Å². The van der Waals surface area contributed by atoms with E-state index >= 15 is 0 Å². The molecule has 6 nitrogen and oxygen atoms in total. The summed E-state index contributed by atoms with van der Waals surface area (Å²) in [6.07, 6.45) is 34.5. The Hall–Kier alpha value is -2.47. The van der Waals surface area contributed by atoms with Gasteiger partial charge in [-0.15, -0.1) is 0 Å². The summed E-state index contributed by atoms with van der Waals surface area (Å²) in [4.78, 5) is 35.7. The van der Waals surface area contributed by atoms with E-state index in [0.29, 0.717) is 12.8 Å². The van der Waals surface area contributed by atoms with Crippen molar-refractivity contribution in [3.05, 3.63) is 48.6 Å². The van der Waals surface area contributed by atoms with Crippen molar-refractivity contribution in [2.45, 2.75) is 148 Å². The summed E-state index contributed by atoms with van der Waals surface area (Å²) in [5, 5.41) is 9.92. The number of hydrogen-bond acceptors (Lipinski definition) is 6. The molecule has 240 valence electrons. The zero-order valence-electron chi connectivity index (χ0n) is 26.7. The minimum atomic E-state index is -1.05. The lowest BCUT2D eigenvalue weighted by Gasteiger charge is -2.12. The van der Waals surface area contributed by atoms with Crippen molar-refractivity contribution in [2.75, 3.05) is 13.2 Å². The van der Waals surface area contributed by atoms with E-state index in [-0.39, 0.29) is 37.8 Å². The molecule has 0 fully saturated rings. The molecule has 1 atom stereocenters. The summed E-state index contributed by atoms with van der Waals surface area (Å²) in [5.41, 5.74) is 0. The van der Waals surface area contributed by atoms with Crippen molar-refractivity contribution in [1.29, 1.82) is 0 Å². The number of hydrogen-bond donors (Lipinski definition) is 1. The quantitative estimate of drug-likeness (QED) is 0.0308. The highest BCUT2D eigenvalue weighted by Gasteiger charge is 2.12. The lowest BCUT2D eigenvalue weighted by atomic mass is 10.1. The summed E-state index contributed by atoms with van der Waals surface area (Å²) in [5.74, 6) is -0.866. The molecular weight excluding hydrogens is 528 g/mol. The second-order valence-electron chi connectivity index (χ2n) is 11.0. The van der Waals surface area contributed by atoms with Gasteiger partial charge in [0.1, 0.15) is 19.3 Å². The van der Waals surface area contributed by atoms with Crippen molar-refractivity contribution in [1.82, 2.24) is 0 Å². The molecule has 42 heavy (non-hydrogen) atoms. The number of allylic oxidation sites excluding steroid dienone is 8. The first-order valence-electron chi connectivity index (χ1n) is 16.6. The van der Waals surface area contributed by atoms with Crippen LogP contribution < -0.4 is 0 Å². The second-order valence-corrected chi connectivity index (χ2v) is 11.0. The third kappa shape index (κ3) is 30.5. The molecule has 1 N–H and O–H groups in total. The van der Waals surface area contributed by atoms with E-state index in [9.17, 15) is 19.5 Å². The fourth-order valence-electron chi connectivity index (χ4n) is 4.21. The monoisotopic (exact) mass is 588 g/mol. The van der Waals surface area contributed by atoms with E-state index in [1.54, 1.807) is 6.08 Å². The van der Waals surface area contributed by atoms with Crippen LogP contribution in [-0.2, 0) is 23.9 Å². The number of ether oxygens (including phenoxy) is 2. The molecule has 0 saturated heterocycles. The largest absolute Gasteiger partial charge is 0.463 e. The van der Waals surface area contributed by atoms with Crippen LogP contribution in [0.25, 0.3) is 0 Å². The molecule has 0 rings (SSSR count). The summed E-state index contributed by atoms with van der Waals surface area (Å²) in [6, 6.07) is 0. The molecule has 6 heteroatoms. The topological polar surface area (TPSA) is 89.9 Å². The van der Waals surface area contributed by atoms with Gasteiger partial charge in [-0.1, -0.05) is 127 Å². The third-order valence-electron chi connectivity index (χ3n) is 6.79. The third-order valence-corrected chi connectivity index (χ3v) is 6.79. The number of aliphatic hydroxyl groups is 1. The van der Waals surface area contributed by atoms with Crippen LogP contribution in [0.4, 0.5) is 0 Å². The van der Waals surface area contributed by atoms with Gasteiger partial charge in [0.2, 0.25) is 0 Å². The molecule has 0 aromatic heterocycles. The molecule has 0 spiro atoms. The average Bonchev–Trinajstić information content (AvgIpc) is 2.98. The van der Waals surface area contributed by atoms with Gasteiger partial charge in [0.15, 0.2) is 5.78 Å². The van der Waals surface area contributed by atoms with Crippen LogP contribution >= 0.6 is 0 Å². The van der Waals surface area contributed by atoms with Gasteiger partial charge < -0.3 is 14.6 Å². The smallest absolute Gasteiger partial charge is 0.305 e. The van der Waals surface area contributed by atoms with Crippen LogP contribution in [0.5, 0.6) is 0 Å². The van der Waals surface area contributed by atoms with Gasteiger partial charge in [0.25, 0.3) is 0 Å². The Bertz CT molecular complexity index is 780. The molecule has 0 heterocycles. The van der Waals surface area contributed by atoms with Gasteiger partial charge in [-0.05, 0) is 44.6 Å². The van der Waals surface area contributed by atoms with E-state index in [2.05, 4.69) is 38.2 Å². The highest BCUT2D eigenvalue weighted by Crippen LogP contribution is 2.11. The number of rotatable bonds is 29. The molecule has 0 radical (unpaired) electrons. The zero-order valence-corrected chi connectivity index (χ0v) is 26.7. The number of aliphatic hydroxyl groups excluding tert-OH is 1. The van der Waals surface area contributed by atoms with Crippen LogP contribution in [0.3, 0.4) is 0 Å². The fourth-order valence-corrected chi connectivity index (χ4v) is 4.21. The van der Waals surface area contributed by atoms with Gasteiger partial charge in [0.05, 0.1) is 0 Å². The number of carbonyl (C=O) groups excluding carboxylic acids is 3. The van der Waals surface area contributed by atoms with Crippen LogP contribution in [0.15, 0.2) is 48.6 Å². The predicted molar refractivity (Wildman–Crippen MR) is 173 cm³/mol. The molecule has 0 bridgehead atoms. The Labute approximate surface area is 256 Å². The first-order valence-corrected chi connectivity index (χ1v) is 16.6. The molecule has 0 aromatic carbocycles. The summed E-state index contributed by atoms with van der Waals surface area (Å²) >= 11 is 0. The van der Waals surface area contributed by atoms with E-state index in [1.807, 2.05) is 12.2 Å². The van der Waals surface area contributed by atoms with Crippen LogP contribution in [0.2, 0.25) is 0 Å². The van der Waals surface area contributed by atoms with Gasteiger partial charge >= 0.3 is 11.9 Å². The minimum Gasteiger partial charge on any atom is -0.463 e. The number of unbranched alkanes of at least 4 members (excludes halogenated alkanes) is 12. The standard InChI is InChI=1S/C36H60O6/c1-3-5-7-9-11-13-15-16-17-18-20-22-24-27-33(37)28-26-30-36(40)42-32-34(38)31-41-35(39)29-25-23-21-19-14-12-10-8-6-4-2/h11,13,16-17,20,22,24,27,34,38H,3-10,12,14-15,18-19,21,23,25-26,28-32H2,1-2H3/b13-11-,17-16-,22-20-,27-24+/t34-/m0/s1. The molecule has 0 saturated carbocycles. The summed E-state index contributed by atoms with van der Waals surface area (Å²) in [7, 11) is 0. The number of esters is 2. The minimum absolute atomic E-state index is 0.0504. The maximum atomic E-state index is 11.9. The number of carbonyl (C=O) groups is 3. The van der Waals surface area contributed by atoms with Crippen LogP contribution in [0.1, 0.15) is 142 Å². The zero-order chi connectivity index (χ0) is 30.9. The van der Waals surface area contributed by atoms with Gasteiger partial charge in [-0.25, -0.2) is 0 Å². The van der Waals surface area contributed by atoms with Gasteiger partial charge in [-0.3, -0.25) is 14.4 Å². The van der Waals surface area contributed by atoms with Gasteiger partial charge in [0, 0.05) is 19.3 Å². The van der Waals surface area contributed by atoms with Gasteiger partial charge in [-0.2, -0.15) is 0 Å². The molecule has 0 aromatic rings. The lowest BCUT2D eigenvalue weighted by molar-refractivity contribution is -0.152. The summed E-state index contributed by atoms with van der Waals surface area (Å²) < 4.78 is 10.1. The first kappa shape index (κ1) is 39.5. The lowest BCUT2D eigenvalue weighted by Crippen LogP contribution is -2.25. The molecule has 0 aliphatic heterocycles. The number of ketones is 1. The maximum Gasteiger partial charge on any atom is 0.305 e. The Kier molecular flexibility index (Phi) is 29.6. The van der Waals surface area contributed by atoms with Crippen molar-refractivity contribution < 1.29 is 29.0 Å². The Morgan fingerprint density at radius 3 is 1.69 bits per heavy atom. The fraction of sp³-hybridized carbons (Fsp3) is 0.694. The Morgan fingerprint density at radius 2 is 1.07 bits per heavy atom. The highest BCUT2D eigenvalue weighted by molar-refractivity contribution is 5.90. The summed E-state index contributed by atoms with van der Waals surface area (Å²) in [6.45, 7) is 4.02. The second kappa shape index (κ2) is 31.5. The molecule has 0 aliphatic carbocycles. The average molecular weight is 589 g/mol. The Balaban J connectivity index is 3.71. The SMILES string of the molecule is CCCCC/C=C\C/C=C\C/C=C\C=C\C(=O)CCCC(=O)OC[C@@H](O)COC(=O)CCCCCCCCCCCC. The molecule has 0 unspecified atom stereocenters. The molecule has 0 aliphatic rings. The van der Waals surface area contributed by atoms with E-state index < -0.39 is 12.1 Å². The van der Waals surface area contributed by atoms with Crippen molar-refractivity contribution in [3.8, 4) is 0 Å². The van der Waals surface area contributed by atoms with E-state index in [4.69, 9.17) is 9.47 Å². The Morgan fingerprint density at radius 1 is 0.571 bits per heavy atom.